The Bertz CT molecular complexity index is 460. The van der Waals surface area contributed by atoms with E-state index in [1.165, 1.54) is 12.1 Å². The number of amides is 1. The third-order valence-corrected chi connectivity index (χ3v) is 2.57. The molecule has 2 N–H and O–H groups in total. The zero-order valence-corrected chi connectivity index (χ0v) is 11.2. The van der Waals surface area contributed by atoms with Gasteiger partial charge in [-0.2, -0.15) is 0 Å². The molecule has 0 aliphatic rings. The van der Waals surface area contributed by atoms with Crippen LogP contribution in [0.4, 0.5) is 11.4 Å². The Kier molecular flexibility index (Phi) is 5.78. The predicted octanol–water partition coefficient (Wildman–Crippen LogP) is 2.56. The van der Waals surface area contributed by atoms with Gasteiger partial charge in [-0.3, -0.25) is 14.9 Å². The van der Waals surface area contributed by atoms with E-state index in [1.807, 2.05) is 13.8 Å². The highest BCUT2D eigenvalue weighted by molar-refractivity contribution is 6.01. The van der Waals surface area contributed by atoms with Crippen LogP contribution in [0.1, 0.15) is 37.0 Å². The Morgan fingerprint density at radius 3 is 2.53 bits per heavy atom. The van der Waals surface area contributed by atoms with Gasteiger partial charge in [-0.15, -0.1) is 0 Å². The van der Waals surface area contributed by atoms with Crippen molar-refractivity contribution in [1.29, 1.82) is 0 Å². The van der Waals surface area contributed by atoms with Gasteiger partial charge in [0, 0.05) is 19.2 Å². The smallest absolute Gasteiger partial charge is 0.293 e. The van der Waals surface area contributed by atoms with Gasteiger partial charge in [-0.05, 0) is 18.9 Å². The molecule has 0 aliphatic carbocycles. The molecule has 19 heavy (non-hydrogen) atoms. The minimum absolute atomic E-state index is 0.0717. The van der Waals surface area contributed by atoms with Crippen molar-refractivity contribution in [3.8, 4) is 0 Å². The van der Waals surface area contributed by atoms with Crippen molar-refractivity contribution in [2.45, 2.75) is 26.7 Å². The van der Waals surface area contributed by atoms with Crippen LogP contribution in [0.2, 0.25) is 0 Å². The van der Waals surface area contributed by atoms with E-state index < -0.39 is 4.92 Å². The normalized spacial score (nSPS) is 10.0. The lowest BCUT2D eigenvalue weighted by atomic mass is 10.1. The van der Waals surface area contributed by atoms with Crippen LogP contribution in [-0.2, 0) is 0 Å². The Hall–Kier alpha value is -2.11. The molecule has 0 saturated carbocycles. The summed E-state index contributed by atoms with van der Waals surface area (Å²) in [6, 6.07) is 4.51. The van der Waals surface area contributed by atoms with Gasteiger partial charge in [-0.25, -0.2) is 0 Å². The van der Waals surface area contributed by atoms with E-state index in [9.17, 15) is 14.9 Å². The number of hydrogen-bond donors (Lipinski definition) is 2. The van der Waals surface area contributed by atoms with Crippen LogP contribution in [-0.4, -0.2) is 23.9 Å². The predicted molar refractivity (Wildman–Crippen MR) is 74.5 cm³/mol. The number of carbonyl (C=O) groups excluding carboxylic acids is 1. The number of benzene rings is 1. The monoisotopic (exact) mass is 265 g/mol. The molecule has 0 saturated heterocycles. The van der Waals surface area contributed by atoms with Crippen LogP contribution in [0.3, 0.4) is 0 Å². The summed E-state index contributed by atoms with van der Waals surface area (Å²) >= 11 is 0. The van der Waals surface area contributed by atoms with Gasteiger partial charge in [0.1, 0.15) is 5.69 Å². The highest BCUT2D eigenvalue weighted by Crippen LogP contribution is 2.28. The first-order valence-electron chi connectivity index (χ1n) is 6.41. The fourth-order valence-corrected chi connectivity index (χ4v) is 1.65. The lowest BCUT2D eigenvalue weighted by molar-refractivity contribution is -0.384. The molecule has 0 aliphatic heterocycles. The zero-order chi connectivity index (χ0) is 14.3. The number of hydrogen-bond acceptors (Lipinski definition) is 4. The lowest BCUT2D eigenvalue weighted by Crippen LogP contribution is -2.25. The van der Waals surface area contributed by atoms with Gasteiger partial charge < -0.3 is 10.6 Å². The average molecular weight is 265 g/mol. The van der Waals surface area contributed by atoms with E-state index in [1.54, 1.807) is 6.07 Å². The summed E-state index contributed by atoms with van der Waals surface area (Å²) in [4.78, 5) is 22.5. The number of nitro benzene ring substituents is 1. The number of nitro groups is 1. The molecule has 1 amide bonds. The van der Waals surface area contributed by atoms with Gasteiger partial charge in [-0.1, -0.05) is 19.9 Å². The van der Waals surface area contributed by atoms with Crippen LogP contribution in [0.15, 0.2) is 18.2 Å². The highest BCUT2D eigenvalue weighted by atomic mass is 16.6. The molecule has 0 fully saturated rings. The number of nitrogens with one attached hydrogen (secondary N) is 2. The summed E-state index contributed by atoms with van der Waals surface area (Å²) in [6.07, 6.45) is 1.64. The van der Waals surface area contributed by atoms with Gasteiger partial charge in [0.05, 0.1) is 10.5 Å². The summed E-state index contributed by atoms with van der Waals surface area (Å²) in [5, 5.41) is 16.7. The molecule has 0 bridgehead atoms. The molecule has 6 heteroatoms. The second-order valence-electron chi connectivity index (χ2n) is 4.14. The largest absolute Gasteiger partial charge is 0.379 e. The molecule has 0 unspecified atom stereocenters. The minimum atomic E-state index is -0.478. The lowest BCUT2D eigenvalue weighted by Gasteiger charge is -2.11. The number of nitrogens with zero attached hydrogens (tertiary/aromatic N) is 1. The van der Waals surface area contributed by atoms with Crippen LogP contribution >= 0.6 is 0 Å². The fraction of sp³-hybridized carbons (Fsp3) is 0.462. The maximum atomic E-state index is 12.0. The molecule has 0 aromatic heterocycles. The first-order chi connectivity index (χ1) is 9.11. The molecule has 0 atom stereocenters. The molecule has 1 aromatic carbocycles. The Morgan fingerprint density at radius 2 is 1.95 bits per heavy atom. The highest BCUT2D eigenvalue weighted by Gasteiger charge is 2.20. The van der Waals surface area contributed by atoms with E-state index in [0.29, 0.717) is 24.3 Å². The molecule has 0 radical (unpaired) electrons. The SMILES string of the molecule is CCCNC(=O)c1cccc([N+](=O)[O-])c1NCCC. The van der Waals surface area contributed by atoms with Crippen LogP contribution in [0, 0.1) is 10.1 Å². The third-order valence-electron chi connectivity index (χ3n) is 2.57. The van der Waals surface area contributed by atoms with Gasteiger partial charge >= 0.3 is 0 Å². The molecule has 6 nitrogen and oxygen atoms in total. The van der Waals surface area contributed by atoms with E-state index in [2.05, 4.69) is 10.6 Å². The molecule has 1 rings (SSSR count). The number of anilines is 1. The first kappa shape index (κ1) is 14.9. The molecule has 104 valence electrons. The average Bonchev–Trinajstić information content (AvgIpc) is 2.41. The minimum Gasteiger partial charge on any atom is -0.379 e. The number of para-hydroxylation sites is 1. The molecule has 0 heterocycles. The summed E-state index contributed by atoms with van der Waals surface area (Å²) in [5.74, 6) is -0.288. The van der Waals surface area contributed by atoms with E-state index in [0.717, 1.165) is 12.8 Å². The van der Waals surface area contributed by atoms with Crippen LogP contribution in [0.25, 0.3) is 0 Å². The second-order valence-corrected chi connectivity index (χ2v) is 4.14. The summed E-state index contributed by atoms with van der Waals surface area (Å²) in [6.45, 7) is 5.04. The van der Waals surface area contributed by atoms with Crippen LogP contribution < -0.4 is 10.6 Å². The standard InChI is InChI=1S/C13H19N3O3/c1-3-8-14-12-10(13(17)15-9-4-2)6-5-7-11(12)16(18)19/h5-7,14H,3-4,8-9H2,1-2H3,(H,15,17). The second kappa shape index (κ2) is 7.35. The maximum absolute atomic E-state index is 12.0. The van der Waals surface area contributed by atoms with Crippen molar-refractivity contribution in [1.82, 2.24) is 5.32 Å². The van der Waals surface area contributed by atoms with E-state index in [-0.39, 0.29) is 11.6 Å². The van der Waals surface area contributed by atoms with Gasteiger partial charge in [0.25, 0.3) is 11.6 Å². The molecular formula is C13H19N3O3. The summed E-state index contributed by atoms with van der Waals surface area (Å²) in [7, 11) is 0. The number of rotatable bonds is 7. The quantitative estimate of drug-likeness (QED) is 0.586. The molecular weight excluding hydrogens is 246 g/mol. The zero-order valence-electron chi connectivity index (χ0n) is 11.2. The Balaban J connectivity index is 3.10. The Morgan fingerprint density at radius 1 is 1.26 bits per heavy atom. The fourth-order valence-electron chi connectivity index (χ4n) is 1.65. The van der Waals surface area contributed by atoms with Crippen molar-refractivity contribution in [3.63, 3.8) is 0 Å². The third kappa shape index (κ3) is 3.94. The van der Waals surface area contributed by atoms with Crippen molar-refractivity contribution in [3.05, 3.63) is 33.9 Å². The van der Waals surface area contributed by atoms with Gasteiger partial charge in [0.15, 0.2) is 0 Å². The Labute approximate surface area is 112 Å². The van der Waals surface area contributed by atoms with Crippen LogP contribution in [0.5, 0.6) is 0 Å². The van der Waals surface area contributed by atoms with Gasteiger partial charge in [0.2, 0.25) is 0 Å². The first-order valence-corrected chi connectivity index (χ1v) is 6.41. The van der Waals surface area contributed by atoms with Crippen molar-refractivity contribution < 1.29 is 9.72 Å². The summed E-state index contributed by atoms with van der Waals surface area (Å²) in [5.41, 5.74) is 0.539. The molecule has 0 spiro atoms. The maximum Gasteiger partial charge on any atom is 0.293 e. The van der Waals surface area contributed by atoms with Crippen molar-refractivity contribution in [2.24, 2.45) is 0 Å². The van der Waals surface area contributed by atoms with E-state index in [4.69, 9.17) is 0 Å². The topological polar surface area (TPSA) is 84.3 Å². The summed E-state index contributed by atoms with van der Waals surface area (Å²) < 4.78 is 0. The van der Waals surface area contributed by atoms with Crippen molar-refractivity contribution in [2.75, 3.05) is 18.4 Å². The number of carbonyl (C=O) groups is 1. The van der Waals surface area contributed by atoms with Crippen molar-refractivity contribution >= 4 is 17.3 Å². The van der Waals surface area contributed by atoms with E-state index >= 15 is 0 Å². The molecule has 1 aromatic rings.